The Morgan fingerprint density at radius 3 is 2.59 bits per heavy atom. The molecule has 0 N–H and O–H groups in total. The first-order valence-electron chi connectivity index (χ1n) is 8.55. The molecule has 3 saturated carbocycles. The Kier molecular flexibility index (Phi) is 4.00. The van der Waals surface area contributed by atoms with Crippen LogP contribution in [0.3, 0.4) is 0 Å². The molecule has 3 heteroatoms. The van der Waals surface area contributed by atoms with E-state index in [1.165, 1.54) is 6.42 Å². The minimum absolute atomic E-state index is 0.0651. The van der Waals surface area contributed by atoms with Crippen LogP contribution >= 0.6 is 0 Å². The molecule has 1 aromatic rings. The van der Waals surface area contributed by atoms with E-state index in [1.54, 1.807) is 12.4 Å². The SMILES string of the molecule is CC[C@H](C(=O)O[C@@H]1C[C@H]2C[C@@H]([C@H]1C)C2(C)C)c1ccncc1. The summed E-state index contributed by atoms with van der Waals surface area (Å²) < 4.78 is 5.95. The van der Waals surface area contributed by atoms with Crippen molar-refractivity contribution in [1.29, 1.82) is 0 Å². The lowest BCUT2D eigenvalue weighted by molar-refractivity contribution is -0.187. The van der Waals surface area contributed by atoms with Crippen molar-refractivity contribution in [2.24, 2.45) is 23.2 Å². The van der Waals surface area contributed by atoms with Gasteiger partial charge < -0.3 is 4.74 Å². The Morgan fingerprint density at radius 1 is 1.36 bits per heavy atom. The lowest BCUT2D eigenvalue weighted by Gasteiger charge is -2.61. The topological polar surface area (TPSA) is 39.2 Å². The van der Waals surface area contributed by atoms with Gasteiger partial charge in [-0.05, 0) is 60.1 Å². The molecule has 3 fully saturated rings. The summed E-state index contributed by atoms with van der Waals surface area (Å²) >= 11 is 0. The number of rotatable bonds is 4. The number of hydrogen-bond acceptors (Lipinski definition) is 3. The summed E-state index contributed by atoms with van der Waals surface area (Å²) in [5.41, 5.74) is 1.44. The maximum atomic E-state index is 12.6. The van der Waals surface area contributed by atoms with E-state index in [4.69, 9.17) is 4.74 Å². The zero-order valence-corrected chi connectivity index (χ0v) is 14.1. The third-order valence-electron chi connectivity index (χ3n) is 6.35. The summed E-state index contributed by atoms with van der Waals surface area (Å²) in [6.07, 6.45) is 6.69. The maximum Gasteiger partial charge on any atom is 0.313 e. The number of fused-ring (bicyclic) bond motifs is 2. The van der Waals surface area contributed by atoms with E-state index in [2.05, 4.69) is 25.8 Å². The molecule has 0 aromatic carbocycles. The Labute approximate surface area is 133 Å². The molecule has 1 aromatic heterocycles. The molecule has 0 aliphatic heterocycles. The highest BCUT2D eigenvalue weighted by molar-refractivity contribution is 5.78. The van der Waals surface area contributed by atoms with E-state index in [0.717, 1.165) is 18.4 Å². The number of hydrogen-bond donors (Lipinski definition) is 0. The quantitative estimate of drug-likeness (QED) is 0.783. The number of carbonyl (C=O) groups excluding carboxylic acids is 1. The molecular weight excluding hydrogens is 274 g/mol. The van der Waals surface area contributed by atoms with Gasteiger partial charge in [-0.3, -0.25) is 9.78 Å². The number of carbonyl (C=O) groups is 1. The van der Waals surface area contributed by atoms with Crippen molar-refractivity contribution in [3.63, 3.8) is 0 Å². The number of pyridine rings is 1. The van der Waals surface area contributed by atoms with Crippen LogP contribution in [0.15, 0.2) is 24.5 Å². The summed E-state index contributed by atoms with van der Waals surface area (Å²) in [7, 11) is 0. The summed E-state index contributed by atoms with van der Waals surface area (Å²) in [6, 6.07) is 3.83. The van der Waals surface area contributed by atoms with Crippen LogP contribution in [-0.4, -0.2) is 17.1 Å². The highest BCUT2D eigenvalue weighted by Crippen LogP contribution is 2.61. The van der Waals surface area contributed by atoms with E-state index in [9.17, 15) is 4.79 Å². The summed E-state index contributed by atoms with van der Waals surface area (Å²) in [5, 5.41) is 0. The molecule has 3 nitrogen and oxygen atoms in total. The Bertz CT molecular complexity index is 540. The molecule has 5 atom stereocenters. The van der Waals surface area contributed by atoms with Crippen molar-refractivity contribution >= 4 is 5.97 Å². The van der Waals surface area contributed by atoms with Gasteiger partial charge in [-0.2, -0.15) is 0 Å². The van der Waals surface area contributed by atoms with E-state index in [1.807, 2.05) is 19.1 Å². The maximum absolute atomic E-state index is 12.6. The summed E-state index contributed by atoms with van der Waals surface area (Å²) in [4.78, 5) is 16.7. The Balaban J connectivity index is 1.67. The fourth-order valence-electron chi connectivity index (χ4n) is 4.62. The molecule has 3 aliphatic rings. The molecule has 0 spiro atoms. The minimum Gasteiger partial charge on any atom is -0.462 e. The first-order valence-corrected chi connectivity index (χ1v) is 8.55. The second kappa shape index (κ2) is 5.68. The standard InChI is InChI=1S/C19H27NO2/c1-5-15(13-6-8-20-9-7-13)18(21)22-17-11-14-10-16(12(17)2)19(14,3)4/h6-9,12,14-17H,5,10-11H2,1-4H3/t12-,14-,15+,16+,17-/m1/s1. The predicted molar refractivity (Wildman–Crippen MR) is 86.3 cm³/mol. The second-order valence-corrected chi connectivity index (χ2v) is 7.67. The number of esters is 1. The Hall–Kier alpha value is -1.38. The van der Waals surface area contributed by atoms with Crippen LogP contribution in [0.25, 0.3) is 0 Å². The molecule has 4 rings (SSSR count). The smallest absolute Gasteiger partial charge is 0.313 e. The average Bonchev–Trinajstić information content (AvgIpc) is 2.50. The normalized spacial score (nSPS) is 33.6. The fraction of sp³-hybridized carbons (Fsp3) is 0.684. The molecule has 0 amide bonds. The lowest BCUT2D eigenvalue weighted by atomic mass is 9.45. The van der Waals surface area contributed by atoms with Gasteiger partial charge in [0.2, 0.25) is 0 Å². The van der Waals surface area contributed by atoms with Crippen LogP contribution in [0, 0.1) is 23.2 Å². The number of nitrogens with zero attached hydrogens (tertiary/aromatic N) is 1. The van der Waals surface area contributed by atoms with Crippen LogP contribution in [0.5, 0.6) is 0 Å². The van der Waals surface area contributed by atoms with Gasteiger partial charge >= 0.3 is 5.97 Å². The van der Waals surface area contributed by atoms with E-state index in [-0.39, 0.29) is 18.0 Å². The molecule has 120 valence electrons. The van der Waals surface area contributed by atoms with Gasteiger partial charge in [-0.25, -0.2) is 0 Å². The molecule has 0 radical (unpaired) electrons. The van der Waals surface area contributed by atoms with Gasteiger partial charge in [0.25, 0.3) is 0 Å². The molecule has 1 heterocycles. The highest BCUT2D eigenvalue weighted by atomic mass is 16.5. The van der Waals surface area contributed by atoms with Crippen LogP contribution in [0.4, 0.5) is 0 Å². The first-order chi connectivity index (χ1) is 10.4. The van der Waals surface area contributed by atoms with Gasteiger partial charge in [0.15, 0.2) is 0 Å². The Morgan fingerprint density at radius 2 is 2.05 bits per heavy atom. The van der Waals surface area contributed by atoms with Gasteiger partial charge in [-0.15, -0.1) is 0 Å². The number of ether oxygens (including phenoxy) is 1. The van der Waals surface area contributed by atoms with Gasteiger partial charge in [-0.1, -0.05) is 27.7 Å². The zero-order valence-electron chi connectivity index (χ0n) is 14.1. The fourth-order valence-corrected chi connectivity index (χ4v) is 4.62. The summed E-state index contributed by atoms with van der Waals surface area (Å²) in [5.74, 6) is 1.66. The van der Waals surface area contributed by atoms with E-state index < -0.39 is 0 Å². The zero-order chi connectivity index (χ0) is 15.9. The summed E-state index contributed by atoms with van der Waals surface area (Å²) in [6.45, 7) is 9.03. The van der Waals surface area contributed by atoms with Crippen molar-refractivity contribution < 1.29 is 9.53 Å². The predicted octanol–water partition coefficient (Wildman–Crippen LogP) is 4.19. The average molecular weight is 301 g/mol. The minimum atomic E-state index is -0.165. The van der Waals surface area contributed by atoms with E-state index in [0.29, 0.717) is 23.2 Å². The van der Waals surface area contributed by atoms with Gasteiger partial charge in [0, 0.05) is 12.4 Å². The van der Waals surface area contributed by atoms with E-state index >= 15 is 0 Å². The third-order valence-corrected chi connectivity index (χ3v) is 6.35. The van der Waals surface area contributed by atoms with Crippen molar-refractivity contribution in [2.75, 3.05) is 0 Å². The monoisotopic (exact) mass is 301 g/mol. The van der Waals surface area contributed by atoms with Crippen LogP contribution in [0.1, 0.15) is 58.4 Å². The van der Waals surface area contributed by atoms with Gasteiger partial charge in [0.1, 0.15) is 6.10 Å². The lowest BCUT2D eigenvalue weighted by Crippen LogP contribution is -2.57. The highest BCUT2D eigenvalue weighted by Gasteiger charge is 2.57. The van der Waals surface area contributed by atoms with Crippen LogP contribution in [0.2, 0.25) is 0 Å². The van der Waals surface area contributed by atoms with Crippen molar-refractivity contribution in [3.8, 4) is 0 Å². The van der Waals surface area contributed by atoms with Crippen molar-refractivity contribution in [3.05, 3.63) is 30.1 Å². The van der Waals surface area contributed by atoms with Crippen LogP contribution in [-0.2, 0) is 9.53 Å². The second-order valence-electron chi connectivity index (χ2n) is 7.67. The molecule has 0 saturated heterocycles. The van der Waals surface area contributed by atoms with Crippen LogP contribution < -0.4 is 0 Å². The van der Waals surface area contributed by atoms with Crippen molar-refractivity contribution in [1.82, 2.24) is 4.98 Å². The van der Waals surface area contributed by atoms with Crippen molar-refractivity contribution in [2.45, 2.75) is 59.0 Å². The third kappa shape index (κ3) is 2.45. The largest absolute Gasteiger partial charge is 0.462 e. The molecule has 2 bridgehead atoms. The molecular formula is C19H27NO2. The van der Waals surface area contributed by atoms with Gasteiger partial charge in [0.05, 0.1) is 5.92 Å². The first kappa shape index (κ1) is 15.5. The molecule has 0 unspecified atom stereocenters. The number of aromatic nitrogens is 1. The molecule has 22 heavy (non-hydrogen) atoms. The molecule has 3 aliphatic carbocycles.